The highest BCUT2D eigenvalue weighted by molar-refractivity contribution is 5.76. The van der Waals surface area contributed by atoms with Gasteiger partial charge in [-0.1, -0.05) is 0 Å². The number of rotatable bonds is 8. The summed E-state index contributed by atoms with van der Waals surface area (Å²) in [6, 6.07) is 7.09. The highest BCUT2D eigenvalue weighted by atomic mass is 16.5. The van der Waals surface area contributed by atoms with Crippen LogP contribution in [-0.4, -0.2) is 44.0 Å². The normalized spacial score (nSPS) is 13.4. The Morgan fingerprint density at radius 1 is 1.30 bits per heavy atom. The minimum absolute atomic E-state index is 0.0324. The van der Waals surface area contributed by atoms with Gasteiger partial charge in [0, 0.05) is 13.6 Å². The van der Waals surface area contributed by atoms with Crippen molar-refractivity contribution in [2.24, 2.45) is 0 Å². The maximum atomic E-state index is 11.6. The van der Waals surface area contributed by atoms with E-state index >= 15 is 0 Å². The maximum Gasteiger partial charge on any atom is 0.225 e. The number of ether oxygens (including phenoxy) is 2. The summed E-state index contributed by atoms with van der Waals surface area (Å²) in [5, 5.41) is 14.5. The molecule has 0 radical (unpaired) electrons. The van der Waals surface area contributed by atoms with Crippen molar-refractivity contribution in [1.82, 2.24) is 10.6 Å². The molecule has 1 unspecified atom stereocenters. The summed E-state index contributed by atoms with van der Waals surface area (Å²) in [4.78, 5) is 11.6. The molecule has 0 bridgehead atoms. The van der Waals surface area contributed by atoms with E-state index < -0.39 is 5.72 Å². The summed E-state index contributed by atoms with van der Waals surface area (Å²) in [6.07, 6.45) is 0.134. The second-order valence-corrected chi connectivity index (χ2v) is 4.51. The molecule has 3 N–H and O–H groups in total. The van der Waals surface area contributed by atoms with Gasteiger partial charge < -0.3 is 19.9 Å². The van der Waals surface area contributed by atoms with Gasteiger partial charge in [0.25, 0.3) is 0 Å². The highest BCUT2D eigenvalue weighted by Crippen LogP contribution is 2.22. The average molecular weight is 282 g/mol. The van der Waals surface area contributed by atoms with Crippen LogP contribution in [0.4, 0.5) is 0 Å². The molecule has 0 saturated carbocycles. The van der Waals surface area contributed by atoms with Crippen LogP contribution >= 0.6 is 0 Å². The third-order valence-corrected chi connectivity index (χ3v) is 2.79. The van der Waals surface area contributed by atoms with Crippen LogP contribution in [-0.2, 0) is 4.79 Å². The quantitative estimate of drug-likeness (QED) is 0.605. The lowest BCUT2D eigenvalue weighted by atomic mass is 10.1. The van der Waals surface area contributed by atoms with Crippen LogP contribution < -0.4 is 20.1 Å². The van der Waals surface area contributed by atoms with Gasteiger partial charge in [0.1, 0.15) is 11.5 Å². The number of methoxy groups -OCH3 is 1. The van der Waals surface area contributed by atoms with Gasteiger partial charge in [-0.25, -0.2) is 0 Å². The molecular formula is C14H22N2O4. The van der Waals surface area contributed by atoms with Crippen molar-refractivity contribution >= 4 is 5.91 Å². The summed E-state index contributed by atoms with van der Waals surface area (Å²) in [5.74, 6) is 1.20. The molecule has 20 heavy (non-hydrogen) atoms. The van der Waals surface area contributed by atoms with E-state index in [1.807, 2.05) is 0 Å². The third-order valence-electron chi connectivity index (χ3n) is 2.79. The van der Waals surface area contributed by atoms with E-state index in [9.17, 15) is 4.79 Å². The lowest BCUT2D eigenvalue weighted by molar-refractivity contribution is -0.125. The molecule has 0 aliphatic rings. The maximum absolute atomic E-state index is 11.6. The fourth-order valence-electron chi connectivity index (χ4n) is 1.75. The molecule has 0 aliphatic heterocycles. The Morgan fingerprint density at radius 2 is 1.90 bits per heavy atom. The van der Waals surface area contributed by atoms with Gasteiger partial charge in [-0.15, -0.1) is 0 Å². The van der Waals surface area contributed by atoms with Gasteiger partial charge in [0.2, 0.25) is 5.91 Å². The Hall–Kier alpha value is -1.79. The summed E-state index contributed by atoms with van der Waals surface area (Å²) < 4.78 is 10.9. The van der Waals surface area contributed by atoms with Gasteiger partial charge in [-0.05, 0) is 31.2 Å². The fraction of sp³-hybridized carbons (Fsp3) is 0.500. The molecule has 1 rings (SSSR count). The molecule has 0 heterocycles. The molecule has 0 aromatic heterocycles. The Kier molecular flexibility index (Phi) is 6.27. The molecule has 1 amide bonds. The number of hydrogen-bond donors (Lipinski definition) is 3. The van der Waals surface area contributed by atoms with E-state index in [0.29, 0.717) is 12.3 Å². The van der Waals surface area contributed by atoms with Crippen LogP contribution in [0.2, 0.25) is 0 Å². The molecule has 0 spiro atoms. The zero-order valence-electron chi connectivity index (χ0n) is 12.1. The SMILES string of the molecule is CNC(=O)CC(C)(NCCO)Oc1ccc(OC)cc1. The summed E-state index contributed by atoms with van der Waals surface area (Å²) >= 11 is 0. The number of hydrogen-bond acceptors (Lipinski definition) is 5. The van der Waals surface area contributed by atoms with Gasteiger partial charge in [0.05, 0.1) is 20.1 Å². The van der Waals surface area contributed by atoms with Crippen molar-refractivity contribution < 1.29 is 19.4 Å². The van der Waals surface area contributed by atoms with Gasteiger partial charge in [0.15, 0.2) is 5.72 Å². The van der Waals surface area contributed by atoms with Crippen LogP contribution in [0.3, 0.4) is 0 Å². The average Bonchev–Trinajstić information content (AvgIpc) is 2.45. The Balaban J connectivity index is 2.78. The predicted octanol–water partition coefficient (Wildman–Crippen LogP) is 0.508. The number of nitrogens with one attached hydrogen (secondary N) is 2. The Morgan fingerprint density at radius 3 is 2.40 bits per heavy atom. The first-order valence-corrected chi connectivity index (χ1v) is 6.42. The van der Waals surface area contributed by atoms with Crippen LogP contribution in [0, 0.1) is 0 Å². The molecule has 0 aliphatic carbocycles. The third kappa shape index (κ3) is 5.07. The van der Waals surface area contributed by atoms with Crippen molar-refractivity contribution in [1.29, 1.82) is 0 Å². The largest absolute Gasteiger partial charge is 0.497 e. The van der Waals surface area contributed by atoms with Crippen LogP contribution in [0.15, 0.2) is 24.3 Å². The van der Waals surface area contributed by atoms with Crippen molar-refractivity contribution in [2.75, 3.05) is 27.3 Å². The van der Waals surface area contributed by atoms with Gasteiger partial charge in [-0.2, -0.15) is 0 Å². The molecular weight excluding hydrogens is 260 g/mol. The Bertz CT molecular complexity index is 422. The van der Waals surface area contributed by atoms with Crippen molar-refractivity contribution in [2.45, 2.75) is 19.1 Å². The predicted molar refractivity (Wildman–Crippen MR) is 75.8 cm³/mol. The first-order valence-electron chi connectivity index (χ1n) is 6.42. The smallest absolute Gasteiger partial charge is 0.225 e. The van der Waals surface area contributed by atoms with Crippen molar-refractivity contribution in [3.05, 3.63) is 24.3 Å². The Labute approximate surface area is 119 Å². The molecule has 1 atom stereocenters. The minimum Gasteiger partial charge on any atom is -0.497 e. The highest BCUT2D eigenvalue weighted by Gasteiger charge is 2.28. The van der Waals surface area contributed by atoms with Gasteiger partial charge in [-0.3, -0.25) is 10.1 Å². The number of carbonyl (C=O) groups is 1. The van der Waals surface area contributed by atoms with Crippen molar-refractivity contribution in [3.8, 4) is 11.5 Å². The van der Waals surface area contributed by atoms with E-state index in [1.165, 1.54) is 0 Å². The standard InChI is InChI=1S/C14H22N2O4/c1-14(16-8-9-17,10-13(18)15-2)20-12-6-4-11(19-3)5-7-12/h4-7,16-17H,8-10H2,1-3H3,(H,15,18). The second-order valence-electron chi connectivity index (χ2n) is 4.51. The molecule has 0 saturated heterocycles. The van der Waals surface area contributed by atoms with E-state index in [2.05, 4.69) is 10.6 Å². The summed E-state index contributed by atoms with van der Waals surface area (Å²) in [6.45, 7) is 2.07. The first kappa shape index (κ1) is 16.3. The number of amides is 1. The zero-order valence-corrected chi connectivity index (χ0v) is 12.1. The lowest BCUT2D eigenvalue weighted by Gasteiger charge is -2.31. The molecule has 112 valence electrons. The van der Waals surface area contributed by atoms with E-state index in [1.54, 1.807) is 45.3 Å². The summed E-state index contributed by atoms with van der Waals surface area (Å²) in [5.41, 5.74) is -0.891. The minimum atomic E-state index is -0.891. The number of carbonyl (C=O) groups excluding carboxylic acids is 1. The molecule has 0 fully saturated rings. The number of aliphatic hydroxyl groups excluding tert-OH is 1. The molecule has 1 aromatic carbocycles. The number of benzene rings is 1. The van der Waals surface area contributed by atoms with Crippen LogP contribution in [0.1, 0.15) is 13.3 Å². The number of aliphatic hydroxyl groups is 1. The van der Waals surface area contributed by atoms with E-state index in [-0.39, 0.29) is 18.9 Å². The molecule has 6 nitrogen and oxygen atoms in total. The van der Waals surface area contributed by atoms with Gasteiger partial charge >= 0.3 is 0 Å². The summed E-state index contributed by atoms with van der Waals surface area (Å²) in [7, 11) is 3.16. The van der Waals surface area contributed by atoms with E-state index in [4.69, 9.17) is 14.6 Å². The molecule has 6 heteroatoms. The van der Waals surface area contributed by atoms with Crippen molar-refractivity contribution in [3.63, 3.8) is 0 Å². The van der Waals surface area contributed by atoms with Crippen LogP contribution in [0.5, 0.6) is 11.5 Å². The van der Waals surface area contributed by atoms with Crippen LogP contribution in [0.25, 0.3) is 0 Å². The lowest BCUT2D eigenvalue weighted by Crippen LogP contribution is -2.51. The zero-order chi connectivity index (χ0) is 15.0. The monoisotopic (exact) mass is 282 g/mol. The second kappa shape index (κ2) is 7.72. The van der Waals surface area contributed by atoms with E-state index in [0.717, 1.165) is 5.75 Å². The fourth-order valence-corrected chi connectivity index (χ4v) is 1.75. The molecule has 1 aromatic rings. The topological polar surface area (TPSA) is 79.8 Å². The first-order chi connectivity index (χ1) is 9.53.